The zero-order valence-electron chi connectivity index (χ0n) is 12.4. The Morgan fingerprint density at radius 1 is 1.14 bits per heavy atom. The Morgan fingerprint density at radius 2 is 1.67 bits per heavy atom. The predicted molar refractivity (Wildman–Crippen MR) is 68.9 cm³/mol. The first kappa shape index (κ1) is 19.5. The van der Waals surface area contributed by atoms with E-state index in [4.69, 9.17) is 5.11 Å². The number of carboxylic acids is 1. The van der Waals surface area contributed by atoms with E-state index in [-0.39, 0.29) is 13.2 Å². The van der Waals surface area contributed by atoms with E-state index in [1.54, 1.807) is 13.8 Å². The number of carbonyl (C=O) groups excluding carboxylic acids is 1. The van der Waals surface area contributed by atoms with Gasteiger partial charge in [0.25, 0.3) is 0 Å². The minimum atomic E-state index is -4.41. The van der Waals surface area contributed by atoms with Gasteiger partial charge in [-0.15, -0.1) is 0 Å². The number of urea groups is 1. The molecule has 9 heteroatoms. The predicted octanol–water partition coefficient (Wildman–Crippen LogP) is 1.75. The summed E-state index contributed by atoms with van der Waals surface area (Å²) in [5.74, 6) is -1.08. The molecule has 0 aliphatic carbocycles. The van der Waals surface area contributed by atoms with Crippen molar-refractivity contribution in [1.29, 1.82) is 0 Å². The fraction of sp³-hybridized carbons (Fsp3) is 0.833. The zero-order chi connectivity index (χ0) is 16.9. The van der Waals surface area contributed by atoms with Crippen LogP contribution in [0.2, 0.25) is 0 Å². The van der Waals surface area contributed by atoms with Crippen LogP contribution in [0.15, 0.2) is 0 Å². The highest BCUT2D eigenvalue weighted by Gasteiger charge is 2.44. The maximum Gasteiger partial charge on any atom is 0.411 e. The van der Waals surface area contributed by atoms with E-state index >= 15 is 0 Å². The van der Waals surface area contributed by atoms with Crippen molar-refractivity contribution in [3.05, 3.63) is 0 Å². The lowest BCUT2D eigenvalue weighted by Crippen LogP contribution is -2.59. The molecule has 0 heterocycles. The van der Waals surface area contributed by atoms with E-state index in [9.17, 15) is 22.8 Å². The molecule has 0 aliphatic heterocycles. The van der Waals surface area contributed by atoms with Crippen LogP contribution >= 0.6 is 0 Å². The molecule has 0 bridgehead atoms. The van der Waals surface area contributed by atoms with E-state index < -0.39 is 35.7 Å². The highest BCUT2D eigenvalue weighted by atomic mass is 19.4. The second-order valence-corrected chi connectivity index (χ2v) is 5.60. The van der Waals surface area contributed by atoms with E-state index in [0.29, 0.717) is 0 Å². The molecule has 2 amide bonds. The standard InChI is InChI=1S/C12H21F3N2O4/c1-10(2,8(18)19)11(3,4)17-9(20)16-5-6-21-7-12(13,14)15/h5-7H2,1-4H3,(H,18,19)(H2,16,17,20). The summed E-state index contributed by atoms with van der Waals surface area (Å²) in [5.41, 5.74) is -2.28. The lowest BCUT2D eigenvalue weighted by molar-refractivity contribution is -0.173. The molecule has 0 saturated heterocycles. The molecule has 0 unspecified atom stereocenters. The number of aliphatic carboxylic acids is 1. The van der Waals surface area contributed by atoms with Crippen LogP contribution in [0.5, 0.6) is 0 Å². The summed E-state index contributed by atoms with van der Waals surface area (Å²) in [7, 11) is 0. The molecule has 0 aliphatic rings. The summed E-state index contributed by atoms with van der Waals surface area (Å²) in [6.45, 7) is 4.21. The number of nitrogens with one attached hydrogen (secondary N) is 2. The number of amides is 2. The third-order valence-electron chi connectivity index (χ3n) is 3.32. The molecule has 21 heavy (non-hydrogen) atoms. The van der Waals surface area contributed by atoms with Crippen molar-refractivity contribution in [2.24, 2.45) is 5.41 Å². The van der Waals surface area contributed by atoms with Crippen LogP contribution in [-0.4, -0.2) is 48.6 Å². The molecule has 0 aromatic rings. The molecule has 0 saturated carbocycles. The smallest absolute Gasteiger partial charge is 0.411 e. The Labute approximate surface area is 121 Å². The zero-order valence-corrected chi connectivity index (χ0v) is 12.4. The Kier molecular flexibility index (Phi) is 6.47. The number of hydrogen-bond donors (Lipinski definition) is 3. The average Bonchev–Trinajstić information content (AvgIpc) is 2.25. The van der Waals surface area contributed by atoms with Crippen LogP contribution in [-0.2, 0) is 9.53 Å². The Hall–Kier alpha value is -1.51. The average molecular weight is 314 g/mol. The van der Waals surface area contributed by atoms with Crippen LogP contribution in [0.3, 0.4) is 0 Å². The van der Waals surface area contributed by atoms with Gasteiger partial charge >= 0.3 is 18.2 Å². The van der Waals surface area contributed by atoms with E-state index in [2.05, 4.69) is 15.4 Å². The third kappa shape index (κ3) is 6.65. The second kappa shape index (κ2) is 6.97. The number of alkyl halides is 3. The quantitative estimate of drug-likeness (QED) is 0.625. The Morgan fingerprint density at radius 3 is 2.10 bits per heavy atom. The van der Waals surface area contributed by atoms with Gasteiger partial charge in [0, 0.05) is 6.54 Å². The highest BCUT2D eigenvalue weighted by Crippen LogP contribution is 2.30. The summed E-state index contributed by atoms with van der Waals surface area (Å²) in [6, 6.07) is -0.676. The molecule has 0 atom stereocenters. The second-order valence-electron chi connectivity index (χ2n) is 5.60. The molecular weight excluding hydrogens is 293 g/mol. The lowest BCUT2D eigenvalue weighted by atomic mass is 9.74. The number of hydrogen-bond acceptors (Lipinski definition) is 3. The number of rotatable bonds is 7. The van der Waals surface area contributed by atoms with Gasteiger partial charge in [0.1, 0.15) is 6.61 Å². The van der Waals surface area contributed by atoms with Crippen LogP contribution in [0.25, 0.3) is 0 Å². The van der Waals surface area contributed by atoms with Gasteiger partial charge in [0.05, 0.1) is 17.6 Å². The largest absolute Gasteiger partial charge is 0.481 e. The van der Waals surface area contributed by atoms with Crippen molar-refractivity contribution in [2.45, 2.75) is 39.4 Å². The van der Waals surface area contributed by atoms with Crippen molar-refractivity contribution >= 4 is 12.0 Å². The van der Waals surface area contributed by atoms with Gasteiger partial charge in [-0.25, -0.2) is 4.79 Å². The number of ether oxygens (including phenoxy) is 1. The van der Waals surface area contributed by atoms with Gasteiger partial charge in [-0.1, -0.05) is 0 Å². The Balaban J connectivity index is 4.18. The SMILES string of the molecule is CC(C)(NC(=O)NCCOCC(F)(F)F)C(C)(C)C(=O)O. The summed E-state index contributed by atoms with van der Waals surface area (Å²) >= 11 is 0. The highest BCUT2D eigenvalue weighted by molar-refractivity contribution is 5.79. The van der Waals surface area contributed by atoms with E-state index in [1.165, 1.54) is 13.8 Å². The van der Waals surface area contributed by atoms with Crippen LogP contribution in [0.1, 0.15) is 27.7 Å². The molecule has 0 aromatic carbocycles. The first-order valence-corrected chi connectivity index (χ1v) is 6.23. The Bertz CT molecular complexity index is 381. The molecule has 3 N–H and O–H groups in total. The van der Waals surface area contributed by atoms with Crippen LogP contribution in [0.4, 0.5) is 18.0 Å². The minimum absolute atomic E-state index is 0.120. The molecule has 0 rings (SSSR count). The van der Waals surface area contributed by atoms with Crippen molar-refractivity contribution in [3.63, 3.8) is 0 Å². The maximum absolute atomic E-state index is 11.8. The minimum Gasteiger partial charge on any atom is -0.481 e. The molecule has 0 radical (unpaired) electrons. The van der Waals surface area contributed by atoms with Gasteiger partial charge in [0.2, 0.25) is 0 Å². The van der Waals surface area contributed by atoms with Crippen molar-refractivity contribution < 1.29 is 32.6 Å². The number of carboxylic acid groups (broad SMARTS) is 1. The van der Waals surface area contributed by atoms with Crippen LogP contribution < -0.4 is 10.6 Å². The lowest BCUT2D eigenvalue weighted by Gasteiger charge is -2.38. The molecular formula is C12H21F3N2O4. The van der Waals surface area contributed by atoms with Gasteiger partial charge in [-0.3, -0.25) is 4.79 Å². The first-order valence-electron chi connectivity index (χ1n) is 6.23. The van der Waals surface area contributed by atoms with Gasteiger partial charge in [-0.05, 0) is 27.7 Å². The van der Waals surface area contributed by atoms with E-state index in [0.717, 1.165) is 0 Å². The van der Waals surface area contributed by atoms with Crippen LogP contribution in [0, 0.1) is 5.41 Å². The number of carbonyl (C=O) groups is 2. The third-order valence-corrected chi connectivity index (χ3v) is 3.32. The summed E-state index contributed by atoms with van der Waals surface area (Å²) in [4.78, 5) is 22.7. The van der Waals surface area contributed by atoms with E-state index in [1.807, 2.05) is 0 Å². The molecule has 0 spiro atoms. The number of halogens is 3. The van der Waals surface area contributed by atoms with Gasteiger partial charge in [-0.2, -0.15) is 13.2 Å². The topological polar surface area (TPSA) is 87.7 Å². The molecule has 0 aromatic heterocycles. The van der Waals surface area contributed by atoms with Gasteiger partial charge in [0.15, 0.2) is 0 Å². The molecule has 124 valence electrons. The summed E-state index contributed by atoms with van der Waals surface area (Å²) < 4.78 is 39.7. The summed E-state index contributed by atoms with van der Waals surface area (Å²) in [6.07, 6.45) is -4.41. The normalized spacial score (nSPS) is 12.9. The molecule has 0 fully saturated rings. The summed E-state index contributed by atoms with van der Waals surface area (Å²) in [5, 5.41) is 13.9. The monoisotopic (exact) mass is 314 g/mol. The fourth-order valence-electron chi connectivity index (χ4n) is 1.18. The van der Waals surface area contributed by atoms with Gasteiger partial charge < -0.3 is 20.5 Å². The van der Waals surface area contributed by atoms with Crippen molar-refractivity contribution in [2.75, 3.05) is 19.8 Å². The van der Waals surface area contributed by atoms with Crippen molar-refractivity contribution in [1.82, 2.24) is 10.6 Å². The maximum atomic E-state index is 11.8. The molecule has 6 nitrogen and oxygen atoms in total. The first-order chi connectivity index (χ1) is 9.29. The fourth-order valence-corrected chi connectivity index (χ4v) is 1.18. The van der Waals surface area contributed by atoms with Crippen molar-refractivity contribution in [3.8, 4) is 0 Å².